The van der Waals surface area contributed by atoms with Crippen LogP contribution in [0.4, 0.5) is 0 Å². The summed E-state index contributed by atoms with van der Waals surface area (Å²) in [5.74, 6) is -1.19. The van der Waals surface area contributed by atoms with Gasteiger partial charge in [-0.05, 0) is 41.9 Å². The van der Waals surface area contributed by atoms with Crippen LogP contribution in [-0.2, 0) is 4.79 Å². The predicted molar refractivity (Wildman–Crippen MR) is 70.4 cm³/mol. The number of carbonyl (C=O) groups excluding carboxylic acids is 1. The van der Waals surface area contributed by atoms with Crippen LogP contribution in [0.25, 0.3) is 0 Å². The quantitative estimate of drug-likeness (QED) is 0.904. The monoisotopic (exact) mass is 314 g/mol. The van der Waals surface area contributed by atoms with Crippen molar-refractivity contribution in [3.8, 4) is 0 Å². The van der Waals surface area contributed by atoms with Crippen molar-refractivity contribution >= 4 is 27.8 Å². The van der Waals surface area contributed by atoms with Crippen molar-refractivity contribution in [1.29, 1.82) is 0 Å². The molecule has 1 amide bonds. The third kappa shape index (κ3) is 3.53. The highest BCUT2D eigenvalue weighted by molar-refractivity contribution is 9.10. The lowest BCUT2D eigenvalue weighted by Gasteiger charge is -2.26. The molecule has 98 valence electrons. The van der Waals surface area contributed by atoms with Gasteiger partial charge in [0.2, 0.25) is 0 Å². The fourth-order valence-corrected chi connectivity index (χ4v) is 2.12. The Morgan fingerprint density at radius 1 is 1.56 bits per heavy atom. The summed E-state index contributed by atoms with van der Waals surface area (Å²) in [5.41, 5.74) is 0.302. The minimum Gasteiger partial charge on any atom is -0.481 e. The Kier molecular flexibility index (Phi) is 5.27. The molecule has 1 aromatic heterocycles. The summed E-state index contributed by atoms with van der Waals surface area (Å²) in [6, 6.07) is 3.09. The van der Waals surface area contributed by atoms with Crippen LogP contribution in [-0.4, -0.2) is 39.5 Å². The lowest BCUT2D eigenvalue weighted by atomic mass is 10.2. The van der Waals surface area contributed by atoms with Crippen molar-refractivity contribution in [2.24, 2.45) is 0 Å². The van der Waals surface area contributed by atoms with Gasteiger partial charge in [-0.3, -0.25) is 9.59 Å². The van der Waals surface area contributed by atoms with Crippen molar-refractivity contribution < 1.29 is 14.7 Å². The second-order valence-corrected chi connectivity index (χ2v) is 4.73. The number of pyridine rings is 1. The Labute approximate surface area is 114 Å². The molecule has 0 radical (unpaired) electrons. The van der Waals surface area contributed by atoms with Crippen molar-refractivity contribution in [2.45, 2.75) is 26.3 Å². The van der Waals surface area contributed by atoms with E-state index in [9.17, 15) is 9.59 Å². The zero-order chi connectivity index (χ0) is 13.7. The lowest BCUT2D eigenvalue weighted by Crippen LogP contribution is -2.40. The van der Waals surface area contributed by atoms with Gasteiger partial charge >= 0.3 is 5.97 Å². The summed E-state index contributed by atoms with van der Waals surface area (Å²) in [6.07, 6.45) is 1.46. The molecule has 1 N–H and O–H groups in total. The zero-order valence-electron chi connectivity index (χ0n) is 10.3. The number of carboxylic acid groups (broad SMARTS) is 1. The van der Waals surface area contributed by atoms with E-state index in [1.165, 1.54) is 11.1 Å². The molecule has 0 saturated carbocycles. The third-order valence-electron chi connectivity index (χ3n) is 2.56. The van der Waals surface area contributed by atoms with E-state index in [0.29, 0.717) is 16.7 Å². The van der Waals surface area contributed by atoms with Crippen molar-refractivity contribution in [2.75, 3.05) is 6.54 Å². The van der Waals surface area contributed by atoms with E-state index >= 15 is 0 Å². The number of amides is 1. The number of carbonyl (C=O) groups is 2. The summed E-state index contributed by atoms with van der Waals surface area (Å²) in [4.78, 5) is 28.5. The normalized spacial score (nSPS) is 11.9. The number of hydrogen-bond acceptors (Lipinski definition) is 3. The van der Waals surface area contributed by atoms with Gasteiger partial charge in [-0.1, -0.05) is 0 Å². The van der Waals surface area contributed by atoms with Gasteiger partial charge in [0, 0.05) is 23.3 Å². The SMILES string of the molecule is CCN(C(=O)c1ncccc1Br)C(C)CC(=O)O. The lowest BCUT2D eigenvalue weighted by molar-refractivity contribution is -0.138. The van der Waals surface area contributed by atoms with Gasteiger partial charge in [0.05, 0.1) is 6.42 Å². The van der Waals surface area contributed by atoms with Crippen LogP contribution in [0.15, 0.2) is 22.8 Å². The maximum atomic E-state index is 12.3. The van der Waals surface area contributed by atoms with Crippen LogP contribution in [0.2, 0.25) is 0 Å². The molecule has 0 aliphatic carbocycles. The molecule has 1 rings (SSSR count). The van der Waals surface area contributed by atoms with Crippen LogP contribution in [0.5, 0.6) is 0 Å². The van der Waals surface area contributed by atoms with Crippen LogP contribution < -0.4 is 0 Å². The topological polar surface area (TPSA) is 70.5 Å². The fraction of sp³-hybridized carbons (Fsp3) is 0.417. The maximum Gasteiger partial charge on any atom is 0.305 e. The molecule has 5 nitrogen and oxygen atoms in total. The van der Waals surface area contributed by atoms with E-state index in [1.54, 1.807) is 19.1 Å². The summed E-state index contributed by atoms with van der Waals surface area (Å²) >= 11 is 3.27. The van der Waals surface area contributed by atoms with E-state index in [4.69, 9.17) is 5.11 Å². The largest absolute Gasteiger partial charge is 0.481 e. The van der Waals surface area contributed by atoms with E-state index in [2.05, 4.69) is 20.9 Å². The van der Waals surface area contributed by atoms with Crippen molar-refractivity contribution in [1.82, 2.24) is 9.88 Å². The maximum absolute atomic E-state index is 12.3. The Hall–Kier alpha value is -1.43. The van der Waals surface area contributed by atoms with Crippen LogP contribution in [0, 0.1) is 0 Å². The van der Waals surface area contributed by atoms with Gasteiger partial charge in [-0.15, -0.1) is 0 Å². The first-order chi connectivity index (χ1) is 8.47. The molecule has 0 aromatic carbocycles. The van der Waals surface area contributed by atoms with Gasteiger partial charge in [0.15, 0.2) is 0 Å². The molecule has 1 aromatic rings. The van der Waals surface area contributed by atoms with Gasteiger partial charge < -0.3 is 10.0 Å². The molecular formula is C12H15BrN2O3. The highest BCUT2D eigenvalue weighted by Gasteiger charge is 2.24. The van der Waals surface area contributed by atoms with Gasteiger partial charge in [0.1, 0.15) is 5.69 Å². The Bertz CT molecular complexity index is 451. The first-order valence-electron chi connectivity index (χ1n) is 5.60. The van der Waals surface area contributed by atoms with E-state index < -0.39 is 5.97 Å². The Morgan fingerprint density at radius 3 is 2.72 bits per heavy atom. The highest BCUT2D eigenvalue weighted by atomic mass is 79.9. The van der Waals surface area contributed by atoms with Gasteiger partial charge in [-0.25, -0.2) is 4.98 Å². The van der Waals surface area contributed by atoms with E-state index in [-0.39, 0.29) is 18.4 Å². The van der Waals surface area contributed by atoms with Crippen molar-refractivity contribution in [3.63, 3.8) is 0 Å². The minimum absolute atomic E-state index is 0.0793. The molecule has 0 spiro atoms. The summed E-state index contributed by atoms with van der Waals surface area (Å²) < 4.78 is 0.607. The Morgan fingerprint density at radius 2 is 2.22 bits per heavy atom. The van der Waals surface area contributed by atoms with E-state index in [1.807, 2.05) is 6.92 Å². The molecule has 0 fully saturated rings. The number of nitrogens with zero attached hydrogens (tertiary/aromatic N) is 2. The molecule has 1 heterocycles. The van der Waals surface area contributed by atoms with Gasteiger partial charge in [-0.2, -0.15) is 0 Å². The molecule has 1 atom stereocenters. The summed E-state index contributed by atoms with van der Waals surface area (Å²) in [6.45, 7) is 3.97. The highest BCUT2D eigenvalue weighted by Crippen LogP contribution is 2.17. The molecule has 0 saturated heterocycles. The Balaban J connectivity index is 2.92. The standard InChI is InChI=1S/C12H15BrN2O3/c1-3-15(8(2)7-10(16)17)12(18)11-9(13)5-4-6-14-11/h4-6,8H,3,7H2,1-2H3,(H,16,17). The summed E-state index contributed by atoms with van der Waals surface area (Å²) in [5, 5.41) is 8.77. The molecular weight excluding hydrogens is 300 g/mol. The number of carboxylic acids is 1. The molecule has 18 heavy (non-hydrogen) atoms. The molecule has 0 aliphatic rings. The smallest absolute Gasteiger partial charge is 0.305 e. The average Bonchev–Trinajstić information content (AvgIpc) is 2.29. The van der Waals surface area contributed by atoms with Gasteiger partial charge in [0.25, 0.3) is 5.91 Å². The number of halogens is 1. The fourth-order valence-electron chi connectivity index (χ4n) is 1.70. The van der Waals surface area contributed by atoms with E-state index in [0.717, 1.165) is 0 Å². The van der Waals surface area contributed by atoms with Crippen LogP contribution in [0.1, 0.15) is 30.8 Å². The number of aromatic nitrogens is 1. The molecule has 0 bridgehead atoms. The van der Waals surface area contributed by atoms with Crippen LogP contribution >= 0.6 is 15.9 Å². The number of rotatable bonds is 5. The van der Waals surface area contributed by atoms with Crippen molar-refractivity contribution in [3.05, 3.63) is 28.5 Å². The second-order valence-electron chi connectivity index (χ2n) is 3.87. The van der Waals surface area contributed by atoms with Crippen LogP contribution in [0.3, 0.4) is 0 Å². The predicted octanol–water partition coefficient (Wildman–Crippen LogP) is 2.17. The number of hydrogen-bond donors (Lipinski definition) is 1. The zero-order valence-corrected chi connectivity index (χ0v) is 11.8. The first-order valence-corrected chi connectivity index (χ1v) is 6.40. The summed E-state index contributed by atoms with van der Waals surface area (Å²) in [7, 11) is 0. The average molecular weight is 315 g/mol. The first kappa shape index (κ1) is 14.6. The molecule has 6 heteroatoms. The molecule has 0 aliphatic heterocycles. The minimum atomic E-state index is -0.922. The second kappa shape index (κ2) is 6.49. The molecule has 1 unspecified atom stereocenters. The third-order valence-corrected chi connectivity index (χ3v) is 3.20. The number of aliphatic carboxylic acids is 1.